The van der Waals surface area contributed by atoms with Gasteiger partial charge >= 0.3 is 0 Å². The Kier molecular flexibility index (Phi) is 3.83. The third-order valence-electron chi connectivity index (χ3n) is 2.09. The van der Waals surface area contributed by atoms with Gasteiger partial charge in [0, 0.05) is 4.47 Å². The minimum absolute atomic E-state index is 0.227. The molecule has 17 heavy (non-hydrogen) atoms. The molecule has 6 heteroatoms. The summed E-state index contributed by atoms with van der Waals surface area (Å²) in [6.07, 6.45) is 0. The fourth-order valence-electron chi connectivity index (χ4n) is 0.982. The van der Waals surface area contributed by atoms with Crippen molar-refractivity contribution in [2.75, 3.05) is 5.32 Å². The van der Waals surface area contributed by atoms with Gasteiger partial charge in [-0.15, -0.1) is 0 Å². The Morgan fingerprint density at radius 2 is 1.88 bits per heavy atom. The van der Waals surface area contributed by atoms with Crippen LogP contribution in [0.2, 0.25) is 0 Å². The molecule has 0 bridgehead atoms. The van der Waals surface area contributed by atoms with Gasteiger partial charge in [-0.2, -0.15) is 5.26 Å². The van der Waals surface area contributed by atoms with Crippen molar-refractivity contribution in [2.45, 2.75) is 13.8 Å². The maximum absolute atomic E-state index is 13.4. The van der Waals surface area contributed by atoms with E-state index >= 15 is 0 Å². The first-order valence-corrected chi connectivity index (χ1v) is 5.44. The van der Waals surface area contributed by atoms with Crippen molar-refractivity contribution in [1.29, 1.82) is 5.26 Å². The third-order valence-corrected chi connectivity index (χ3v) is 2.55. The third kappa shape index (κ3) is 3.01. The van der Waals surface area contributed by atoms with Gasteiger partial charge < -0.3 is 5.32 Å². The van der Waals surface area contributed by atoms with Crippen LogP contribution in [-0.4, -0.2) is 5.91 Å². The van der Waals surface area contributed by atoms with Crippen molar-refractivity contribution < 1.29 is 13.6 Å². The van der Waals surface area contributed by atoms with Crippen LogP contribution in [0.4, 0.5) is 14.5 Å². The van der Waals surface area contributed by atoms with Gasteiger partial charge in [0.15, 0.2) is 11.6 Å². The van der Waals surface area contributed by atoms with E-state index in [1.165, 1.54) is 13.8 Å². The number of nitrogens with zero attached hydrogens (tertiary/aromatic N) is 1. The summed E-state index contributed by atoms with van der Waals surface area (Å²) in [7, 11) is 0. The predicted octanol–water partition coefficient (Wildman–Crippen LogP) is 3.22. The first kappa shape index (κ1) is 13.6. The van der Waals surface area contributed by atoms with Gasteiger partial charge in [-0.1, -0.05) is 15.9 Å². The minimum Gasteiger partial charge on any atom is -0.320 e. The van der Waals surface area contributed by atoms with Gasteiger partial charge in [-0.05, 0) is 26.0 Å². The zero-order valence-corrected chi connectivity index (χ0v) is 10.7. The molecule has 1 rings (SSSR count). The van der Waals surface area contributed by atoms with Crippen molar-refractivity contribution in [3.8, 4) is 6.07 Å². The lowest BCUT2D eigenvalue weighted by atomic mass is 9.94. The number of amides is 1. The number of benzene rings is 1. The van der Waals surface area contributed by atoms with E-state index in [4.69, 9.17) is 5.26 Å². The van der Waals surface area contributed by atoms with Gasteiger partial charge in [0.05, 0.1) is 6.07 Å². The molecule has 1 N–H and O–H groups in total. The second-order valence-corrected chi connectivity index (χ2v) is 4.85. The molecule has 3 nitrogen and oxygen atoms in total. The second kappa shape index (κ2) is 4.80. The standard InChI is InChI=1S/C11H9BrF2N2O/c1-11(2,5-15)10(17)16-9-7(13)3-6(12)4-8(9)14/h3-4H,1-2H3,(H,16,17). The van der Waals surface area contributed by atoms with Crippen LogP contribution in [0.25, 0.3) is 0 Å². The molecule has 1 amide bonds. The number of nitrogens with one attached hydrogen (secondary N) is 1. The summed E-state index contributed by atoms with van der Waals surface area (Å²) in [5.41, 5.74) is -1.91. The molecule has 1 aromatic rings. The Hall–Kier alpha value is -1.48. The van der Waals surface area contributed by atoms with Crippen molar-refractivity contribution in [3.63, 3.8) is 0 Å². The van der Waals surface area contributed by atoms with Crippen LogP contribution in [0.3, 0.4) is 0 Å². The quantitative estimate of drug-likeness (QED) is 0.912. The number of hydrogen-bond donors (Lipinski definition) is 1. The Bertz CT molecular complexity index is 486. The first-order valence-electron chi connectivity index (χ1n) is 4.65. The second-order valence-electron chi connectivity index (χ2n) is 3.94. The molecule has 0 aliphatic heterocycles. The Morgan fingerprint density at radius 1 is 1.41 bits per heavy atom. The minimum atomic E-state index is -1.36. The highest BCUT2D eigenvalue weighted by molar-refractivity contribution is 9.10. The lowest BCUT2D eigenvalue weighted by Crippen LogP contribution is -2.30. The number of carbonyl (C=O) groups is 1. The zero-order chi connectivity index (χ0) is 13.2. The van der Waals surface area contributed by atoms with Crippen molar-refractivity contribution >= 4 is 27.5 Å². The molecular formula is C11H9BrF2N2O. The van der Waals surface area contributed by atoms with Gasteiger partial charge in [0.25, 0.3) is 0 Å². The van der Waals surface area contributed by atoms with E-state index < -0.39 is 28.6 Å². The zero-order valence-electron chi connectivity index (χ0n) is 9.14. The smallest absolute Gasteiger partial charge is 0.244 e. The van der Waals surface area contributed by atoms with Crippen LogP contribution in [0.15, 0.2) is 16.6 Å². The number of anilines is 1. The normalized spacial score (nSPS) is 10.8. The fraction of sp³-hybridized carbons (Fsp3) is 0.273. The Balaban J connectivity index is 3.06. The van der Waals surface area contributed by atoms with Crippen LogP contribution in [0.5, 0.6) is 0 Å². The number of rotatable bonds is 2. The monoisotopic (exact) mass is 302 g/mol. The van der Waals surface area contributed by atoms with Crippen LogP contribution in [0.1, 0.15) is 13.8 Å². The summed E-state index contributed by atoms with van der Waals surface area (Å²) >= 11 is 2.92. The topological polar surface area (TPSA) is 52.9 Å². The molecular weight excluding hydrogens is 294 g/mol. The van der Waals surface area contributed by atoms with E-state index in [2.05, 4.69) is 21.2 Å². The van der Waals surface area contributed by atoms with E-state index in [1.807, 2.05) is 0 Å². The number of halogens is 3. The highest BCUT2D eigenvalue weighted by atomic mass is 79.9. The van der Waals surface area contributed by atoms with Gasteiger partial charge in [-0.25, -0.2) is 8.78 Å². The predicted molar refractivity (Wildman–Crippen MR) is 62.1 cm³/mol. The summed E-state index contributed by atoms with van der Waals surface area (Å²) in [6.45, 7) is 2.72. The van der Waals surface area contributed by atoms with E-state index in [0.29, 0.717) is 0 Å². The molecule has 0 unspecified atom stereocenters. The van der Waals surface area contributed by atoms with E-state index in [1.54, 1.807) is 6.07 Å². The molecule has 0 spiro atoms. The fourth-order valence-corrected chi connectivity index (χ4v) is 1.38. The molecule has 0 atom stereocenters. The van der Waals surface area contributed by atoms with Crippen molar-refractivity contribution in [1.82, 2.24) is 0 Å². The highest BCUT2D eigenvalue weighted by Crippen LogP contribution is 2.25. The maximum Gasteiger partial charge on any atom is 0.244 e. The average Bonchev–Trinajstić information content (AvgIpc) is 2.22. The number of hydrogen-bond acceptors (Lipinski definition) is 2. The van der Waals surface area contributed by atoms with E-state index in [0.717, 1.165) is 12.1 Å². The molecule has 0 saturated carbocycles. The van der Waals surface area contributed by atoms with Gasteiger partial charge in [0.1, 0.15) is 11.1 Å². The summed E-state index contributed by atoms with van der Waals surface area (Å²) in [5, 5.41) is 10.8. The molecule has 1 aromatic carbocycles. The summed E-state index contributed by atoms with van der Waals surface area (Å²) in [6, 6.07) is 3.80. The number of carbonyl (C=O) groups excluding carboxylic acids is 1. The summed E-state index contributed by atoms with van der Waals surface area (Å²) < 4.78 is 27.0. The van der Waals surface area contributed by atoms with Crippen LogP contribution < -0.4 is 5.32 Å². The van der Waals surface area contributed by atoms with Crippen LogP contribution in [0, 0.1) is 28.4 Å². The lowest BCUT2D eigenvalue weighted by molar-refractivity contribution is -0.121. The molecule has 0 saturated heterocycles. The van der Waals surface area contributed by atoms with Crippen LogP contribution >= 0.6 is 15.9 Å². The van der Waals surface area contributed by atoms with Crippen LogP contribution in [-0.2, 0) is 4.79 Å². The molecule has 0 aliphatic rings. The summed E-state index contributed by atoms with van der Waals surface area (Å²) in [5.74, 6) is -2.57. The molecule has 0 radical (unpaired) electrons. The largest absolute Gasteiger partial charge is 0.320 e. The number of nitriles is 1. The van der Waals surface area contributed by atoms with E-state index in [-0.39, 0.29) is 4.47 Å². The van der Waals surface area contributed by atoms with Gasteiger partial charge in [-0.3, -0.25) is 4.79 Å². The molecule has 0 aromatic heterocycles. The van der Waals surface area contributed by atoms with Crippen molar-refractivity contribution in [2.24, 2.45) is 5.41 Å². The van der Waals surface area contributed by atoms with Crippen molar-refractivity contribution in [3.05, 3.63) is 28.2 Å². The Labute approximate surface area is 106 Å². The molecule has 90 valence electrons. The molecule has 0 fully saturated rings. The van der Waals surface area contributed by atoms with Gasteiger partial charge in [0.2, 0.25) is 5.91 Å². The highest BCUT2D eigenvalue weighted by Gasteiger charge is 2.28. The average molecular weight is 303 g/mol. The summed E-state index contributed by atoms with van der Waals surface area (Å²) in [4.78, 5) is 11.6. The Morgan fingerprint density at radius 3 is 2.29 bits per heavy atom. The molecule has 0 aliphatic carbocycles. The first-order chi connectivity index (χ1) is 7.77. The lowest BCUT2D eigenvalue weighted by Gasteiger charge is -2.15. The molecule has 0 heterocycles. The van der Waals surface area contributed by atoms with E-state index in [9.17, 15) is 13.6 Å². The maximum atomic E-state index is 13.4. The SMILES string of the molecule is CC(C)(C#N)C(=O)Nc1c(F)cc(Br)cc1F.